The number of carbonyl (C=O) groups excluding carboxylic acids is 1. The van der Waals surface area contributed by atoms with E-state index in [0.717, 1.165) is 51.3 Å². The van der Waals surface area contributed by atoms with Crippen molar-refractivity contribution in [3.05, 3.63) is 34.9 Å². The second-order valence-corrected chi connectivity index (χ2v) is 6.46. The molecule has 0 bridgehead atoms. The monoisotopic (exact) mass is 337 g/mol. The number of benzene rings is 1. The van der Waals surface area contributed by atoms with Crippen LogP contribution < -0.4 is 5.32 Å². The van der Waals surface area contributed by atoms with Gasteiger partial charge in [0.1, 0.15) is 0 Å². The Bertz CT molecular complexity index is 575. The number of piperazine rings is 1. The molecule has 23 heavy (non-hydrogen) atoms. The van der Waals surface area contributed by atoms with Gasteiger partial charge in [0, 0.05) is 50.9 Å². The number of likely N-dealkylation sites (tertiary alicyclic amines) is 1. The molecule has 1 atom stereocenters. The second kappa shape index (κ2) is 7.18. The minimum absolute atomic E-state index is 0. The average Bonchev–Trinajstić information content (AvgIpc) is 3.23. The smallest absolute Gasteiger partial charge is 0.253 e. The maximum Gasteiger partial charge on any atom is 0.253 e. The summed E-state index contributed by atoms with van der Waals surface area (Å²) in [4.78, 5) is 17.3. The van der Waals surface area contributed by atoms with E-state index >= 15 is 0 Å². The van der Waals surface area contributed by atoms with Gasteiger partial charge in [-0.25, -0.2) is 0 Å². The Morgan fingerprint density at radius 2 is 1.91 bits per heavy atom. The van der Waals surface area contributed by atoms with E-state index in [4.69, 9.17) is 4.74 Å². The van der Waals surface area contributed by atoms with Crippen molar-refractivity contribution in [1.82, 2.24) is 15.1 Å². The number of fused-ring (bicyclic) bond motifs is 1. The predicted octanol–water partition coefficient (Wildman–Crippen LogP) is 1.26. The first-order chi connectivity index (χ1) is 10.8. The third kappa shape index (κ3) is 3.38. The first-order valence-corrected chi connectivity index (χ1v) is 8.25. The van der Waals surface area contributed by atoms with E-state index in [1.54, 1.807) is 0 Å². The Hall–Kier alpha value is -1.14. The van der Waals surface area contributed by atoms with E-state index in [9.17, 15) is 4.79 Å². The predicted molar refractivity (Wildman–Crippen MR) is 90.9 cm³/mol. The van der Waals surface area contributed by atoms with Crippen LogP contribution in [-0.4, -0.2) is 61.0 Å². The van der Waals surface area contributed by atoms with Crippen LogP contribution in [0.1, 0.15) is 27.9 Å². The van der Waals surface area contributed by atoms with Crippen molar-refractivity contribution >= 4 is 18.3 Å². The molecule has 0 spiro atoms. The van der Waals surface area contributed by atoms with Crippen LogP contribution >= 0.6 is 12.4 Å². The standard InChI is InChI=1S/C17H23N3O2.ClH/c21-17(13-1-2-14-11-22-12-15(14)9-13)20-6-3-16(10-20)19-7-4-18-5-8-19;/h1-2,9,16,18H,3-8,10-12H2;1H. The zero-order chi connectivity index (χ0) is 14.9. The molecule has 5 nitrogen and oxygen atoms in total. The van der Waals surface area contributed by atoms with Gasteiger partial charge >= 0.3 is 0 Å². The summed E-state index contributed by atoms with van der Waals surface area (Å²) < 4.78 is 5.43. The van der Waals surface area contributed by atoms with E-state index in [1.807, 2.05) is 23.1 Å². The van der Waals surface area contributed by atoms with Crippen LogP contribution in [0.3, 0.4) is 0 Å². The SMILES string of the molecule is Cl.O=C(c1ccc2c(c1)COC2)N1CCC(N2CCNCC2)C1. The highest BCUT2D eigenvalue weighted by Gasteiger charge is 2.31. The first-order valence-electron chi connectivity index (χ1n) is 8.25. The molecule has 1 amide bonds. The summed E-state index contributed by atoms with van der Waals surface area (Å²) in [7, 11) is 0. The largest absolute Gasteiger partial charge is 0.372 e. The van der Waals surface area contributed by atoms with Crippen molar-refractivity contribution in [3.63, 3.8) is 0 Å². The Morgan fingerprint density at radius 1 is 1.13 bits per heavy atom. The number of nitrogens with zero attached hydrogens (tertiary/aromatic N) is 2. The van der Waals surface area contributed by atoms with E-state index in [-0.39, 0.29) is 18.3 Å². The number of rotatable bonds is 2. The zero-order valence-corrected chi connectivity index (χ0v) is 14.1. The molecule has 1 aromatic rings. The quantitative estimate of drug-likeness (QED) is 0.882. The summed E-state index contributed by atoms with van der Waals surface area (Å²) in [6.07, 6.45) is 1.10. The van der Waals surface area contributed by atoms with Gasteiger partial charge in [0.2, 0.25) is 0 Å². The van der Waals surface area contributed by atoms with Crippen LogP contribution in [0.4, 0.5) is 0 Å². The van der Waals surface area contributed by atoms with Crippen molar-refractivity contribution in [2.75, 3.05) is 39.3 Å². The summed E-state index contributed by atoms with van der Waals surface area (Å²) in [6, 6.07) is 6.54. The van der Waals surface area contributed by atoms with Crippen LogP contribution in [0.5, 0.6) is 0 Å². The van der Waals surface area contributed by atoms with Crippen LogP contribution in [0.2, 0.25) is 0 Å². The van der Waals surface area contributed by atoms with E-state index in [2.05, 4.69) is 10.2 Å². The molecule has 0 radical (unpaired) electrons. The molecule has 4 rings (SSSR count). The fourth-order valence-electron chi connectivity index (χ4n) is 3.76. The maximum absolute atomic E-state index is 12.7. The molecule has 3 aliphatic rings. The molecule has 3 aliphatic heterocycles. The average molecular weight is 338 g/mol. The highest BCUT2D eigenvalue weighted by Crippen LogP contribution is 2.23. The molecule has 0 saturated carbocycles. The molecule has 0 aliphatic carbocycles. The number of ether oxygens (including phenoxy) is 1. The lowest BCUT2D eigenvalue weighted by atomic mass is 10.1. The third-order valence-corrected chi connectivity index (χ3v) is 5.09. The van der Waals surface area contributed by atoms with Gasteiger partial charge in [0.15, 0.2) is 0 Å². The molecule has 126 valence electrons. The normalized spacial score (nSPS) is 24.3. The summed E-state index contributed by atoms with van der Waals surface area (Å²) in [5, 5.41) is 3.39. The molecular formula is C17H24ClN3O2. The van der Waals surface area contributed by atoms with Gasteiger partial charge in [-0.05, 0) is 29.7 Å². The van der Waals surface area contributed by atoms with Crippen molar-refractivity contribution in [2.24, 2.45) is 0 Å². The Labute approximate surface area is 143 Å². The number of carbonyl (C=O) groups is 1. The van der Waals surface area contributed by atoms with Crippen LogP contribution in [0.15, 0.2) is 18.2 Å². The van der Waals surface area contributed by atoms with E-state index in [1.165, 1.54) is 11.1 Å². The molecule has 6 heteroatoms. The van der Waals surface area contributed by atoms with Gasteiger partial charge in [-0.15, -0.1) is 12.4 Å². The summed E-state index contributed by atoms with van der Waals surface area (Å²) >= 11 is 0. The van der Waals surface area contributed by atoms with Gasteiger partial charge in [-0.3, -0.25) is 9.69 Å². The second-order valence-electron chi connectivity index (χ2n) is 6.46. The fraction of sp³-hybridized carbons (Fsp3) is 0.588. The van der Waals surface area contributed by atoms with E-state index < -0.39 is 0 Å². The maximum atomic E-state index is 12.7. The molecule has 0 aromatic heterocycles. The Balaban J connectivity index is 0.00000156. The van der Waals surface area contributed by atoms with Crippen molar-refractivity contribution in [3.8, 4) is 0 Å². The Kier molecular flexibility index (Phi) is 5.21. The zero-order valence-electron chi connectivity index (χ0n) is 13.3. The lowest BCUT2D eigenvalue weighted by Gasteiger charge is -2.32. The highest BCUT2D eigenvalue weighted by atomic mass is 35.5. The van der Waals surface area contributed by atoms with Crippen molar-refractivity contribution < 1.29 is 9.53 Å². The number of amides is 1. The number of hydrogen-bond donors (Lipinski definition) is 1. The van der Waals surface area contributed by atoms with Crippen LogP contribution in [0.25, 0.3) is 0 Å². The highest BCUT2D eigenvalue weighted by molar-refractivity contribution is 5.94. The summed E-state index contributed by atoms with van der Waals surface area (Å²) in [5.74, 6) is 0.173. The lowest BCUT2D eigenvalue weighted by Crippen LogP contribution is -2.49. The minimum Gasteiger partial charge on any atom is -0.372 e. The van der Waals surface area contributed by atoms with Gasteiger partial charge in [-0.2, -0.15) is 0 Å². The van der Waals surface area contributed by atoms with Gasteiger partial charge < -0.3 is 15.0 Å². The van der Waals surface area contributed by atoms with Crippen LogP contribution in [-0.2, 0) is 18.0 Å². The van der Waals surface area contributed by atoms with Crippen molar-refractivity contribution in [2.45, 2.75) is 25.7 Å². The number of halogens is 1. The lowest BCUT2D eigenvalue weighted by molar-refractivity contribution is 0.0773. The topological polar surface area (TPSA) is 44.8 Å². The number of nitrogens with one attached hydrogen (secondary N) is 1. The van der Waals surface area contributed by atoms with E-state index in [0.29, 0.717) is 19.3 Å². The van der Waals surface area contributed by atoms with Crippen LogP contribution in [0, 0.1) is 0 Å². The molecule has 2 saturated heterocycles. The number of hydrogen-bond acceptors (Lipinski definition) is 4. The van der Waals surface area contributed by atoms with Gasteiger partial charge in [0.05, 0.1) is 13.2 Å². The summed E-state index contributed by atoms with van der Waals surface area (Å²) in [6.45, 7) is 7.39. The first kappa shape index (κ1) is 16.7. The molecular weight excluding hydrogens is 314 g/mol. The van der Waals surface area contributed by atoms with Gasteiger partial charge in [-0.1, -0.05) is 6.07 Å². The van der Waals surface area contributed by atoms with Gasteiger partial charge in [0.25, 0.3) is 5.91 Å². The molecule has 1 aromatic carbocycles. The van der Waals surface area contributed by atoms with Crippen molar-refractivity contribution in [1.29, 1.82) is 0 Å². The third-order valence-electron chi connectivity index (χ3n) is 5.09. The molecule has 3 heterocycles. The summed E-state index contributed by atoms with van der Waals surface area (Å²) in [5.41, 5.74) is 3.20. The Morgan fingerprint density at radius 3 is 2.74 bits per heavy atom. The minimum atomic E-state index is 0. The molecule has 1 N–H and O–H groups in total. The fourth-order valence-corrected chi connectivity index (χ4v) is 3.76. The molecule has 1 unspecified atom stereocenters. The molecule has 2 fully saturated rings.